The highest BCUT2D eigenvalue weighted by molar-refractivity contribution is 5.97. The van der Waals surface area contributed by atoms with Gasteiger partial charge in [0.25, 0.3) is 0 Å². The zero-order valence-corrected chi connectivity index (χ0v) is 15.3. The Kier molecular flexibility index (Phi) is 5.25. The van der Waals surface area contributed by atoms with Crippen LogP contribution in [-0.4, -0.2) is 38.3 Å². The van der Waals surface area contributed by atoms with Crippen LogP contribution in [0.25, 0.3) is 0 Å². The molecule has 0 bridgehead atoms. The number of carbonyl (C=O) groups excluding carboxylic acids is 1. The minimum absolute atomic E-state index is 0.0178. The first-order valence-electron chi connectivity index (χ1n) is 9.58. The summed E-state index contributed by atoms with van der Waals surface area (Å²) in [5.41, 5.74) is 3.02. The summed E-state index contributed by atoms with van der Waals surface area (Å²) in [7, 11) is 0. The van der Waals surface area contributed by atoms with Gasteiger partial charge in [-0.1, -0.05) is 24.3 Å². The molecule has 142 valence electrons. The van der Waals surface area contributed by atoms with Crippen molar-refractivity contribution in [1.29, 1.82) is 0 Å². The van der Waals surface area contributed by atoms with Crippen molar-refractivity contribution in [3.05, 3.63) is 59.9 Å². The molecule has 2 amide bonds. The maximum absolute atomic E-state index is 13.2. The van der Waals surface area contributed by atoms with E-state index in [0.29, 0.717) is 13.1 Å². The summed E-state index contributed by atoms with van der Waals surface area (Å²) in [6, 6.07) is 14.8. The fraction of sp³-hybridized carbons (Fsp3) is 0.381. The molecule has 2 aliphatic heterocycles. The second-order valence-corrected chi connectivity index (χ2v) is 7.16. The Hall–Kier alpha value is -2.60. The van der Waals surface area contributed by atoms with Gasteiger partial charge in [-0.05, 0) is 55.8 Å². The van der Waals surface area contributed by atoms with E-state index in [2.05, 4.69) is 15.5 Å². The van der Waals surface area contributed by atoms with E-state index in [9.17, 15) is 9.18 Å². The molecule has 2 heterocycles. The molecule has 0 aromatic heterocycles. The molecular weight excluding hydrogens is 343 g/mol. The van der Waals surface area contributed by atoms with Crippen LogP contribution in [0.2, 0.25) is 0 Å². The smallest absolute Gasteiger partial charge is 0.322 e. The highest BCUT2D eigenvalue weighted by atomic mass is 19.1. The summed E-state index contributed by atoms with van der Waals surface area (Å²) in [6.07, 6.45) is 1.94. The van der Waals surface area contributed by atoms with E-state index in [0.717, 1.165) is 49.4 Å². The average molecular weight is 368 g/mol. The van der Waals surface area contributed by atoms with Crippen molar-refractivity contribution in [3.63, 3.8) is 0 Å². The molecule has 0 atom stereocenters. The van der Waals surface area contributed by atoms with Gasteiger partial charge in [0.05, 0.1) is 11.4 Å². The van der Waals surface area contributed by atoms with Crippen LogP contribution in [-0.2, 0) is 6.54 Å². The van der Waals surface area contributed by atoms with Crippen LogP contribution in [0.15, 0.2) is 48.5 Å². The Morgan fingerprint density at radius 1 is 1.04 bits per heavy atom. The Bertz CT molecular complexity index is 789. The van der Waals surface area contributed by atoms with E-state index in [1.54, 1.807) is 0 Å². The third-order valence-corrected chi connectivity index (χ3v) is 5.31. The fourth-order valence-corrected chi connectivity index (χ4v) is 3.83. The van der Waals surface area contributed by atoms with Crippen LogP contribution >= 0.6 is 0 Å². The molecule has 2 aliphatic rings. The molecule has 2 aromatic carbocycles. The zero-order chi connectivity index (χ0) is 18.6. The fourth-order valence-electron chi connectivity index (χ4n) is 3.83. The Morgan fingerprint density at radius 3 is 2.48 bits per heavy atom. The van der Waals surface area contributed by atoms with Crippen molar-refractivity contribution in [3.8, 4) is 0 Å². The second kappa shape index (κ2) is 7.96. The molecule has 2 aromatic rings. The first kappa shape index (κ1) is 17.8. The quantitative estimate of drug-likeness (QED) is 0.875. The molecule has 0 aliphatic carbocycles. The third-order valence-electron chi connectivity index (χ3n) is 5.31. The number of carbonyl (C=O) groups is 1. The van der Waals surface area contributed by atoms with Crippen LogP contribution in [0.1, 0.15) is 18.4 Å². The van der Waals surface area contributed by atoms with Crippen LogP contribution in [0.3, 0.4) is 0 Å². The number of hydrogen-bond acceptors (Lipinski definition) is 3. The van der Waals surface area contributed by atoms with Gasteiger partial charge in [-0.25, -0.2) is 9.18 Å². The number of urea groups is 1. The summed E-state index contributed by atoms with van der Waals surface area (Å²) in [5, 5.41) is 6.51. The van der Waals surface area contributed by atoms with Gasteiger partial charge in [-0.3, -0.25) is 4.90 Å². The van der Waals surface area contributed by atoms with Crippen LogP contribution in [0, 0.1) is 5.82 Å². The van der Waals surface area contributed by atoms with Gasteiger partial charge in [0, 0.05) is 25.7 Å². The van der Waals surface area contributed by atoms with Crippen molar-refractivity contribution in [2.75, 3.05) is 36.0 Å². The molecule has 0 spiro atoms. The predicted octanol–water partition coefficient (Wildman–Crippen LogP) is 3.11. The molecule has 5 nitrogen and oxygen atoms in total. The standard InChI is InChI=1S/C21H25FN4O/c22-17-7-5-16(6-8-17)15-25-13-14-26(20-4-2-1-3-19(20)25)21(27)24-18-9-11-23-12-10-18/h1-8,18,23H,9-15H2,(H,24,27). The van der Waals surface area contributed by atoms with E-state index in [1.165, 1.54) is 12.1 Å². The lowest BCUT2D eigenvalue weighted by molar-refractivity contribution is 0.239. The van der Waals surface area contributed by atoms with E-state index in [4.69, 9.17) is 0 Å². The number of benzene rings is 2. The monoisotopic (exact) mass is 368 g/mol. The molecule has 1 fully saturated rings. The van der Waals surface area contributed by atoms with E-state index < -0.39 is 0 Å². The number of nitrogens with one attached hydrogen (secondary N) is 2. The molecule has 1 saturated heterocycles. The summed E-state index contributed by atoms with van der Waals surface area (Å²) in [4.78, 5) is 17.0. The number of para-hydroxylation sites is 2. The molecule has 6 heteroatoms. The Balaban J connectivity index is 1.50. The molecule has 4 rings (SSSR count). The van der Waals surface area contributed by atoms with Gasteiger partial charge in [0.15, 0.2) is 0 Å². The number of hydrogen-bond donors (Lipinski definition) is 2. The Morgan fingerprint density at radius 2 is 1.74 bits per heavy atom. The summed E-state index contributed by atoms with van der Waals surface area (Å²) < 4.78 is 13.2. The highest BCUT2D eigenvalue weighted by Gasteiger charge is 2.28. The van der Waals surface area contributed by atoms with E-state index in [1.807, 2.05) is 41.3 Å². The van der Waals surface area contributed by atoms with Gasteiger partial charge in [0.2, 0.25) is 0 Å². The number of anilines is 2. The van der Waals surface area contributed by atoms with Gasteiger partial charge in [-0.2, -0.15) is 0 Å². The third kappa shape index (κ3) is 4.06. The average Bonchev–Trinajstić information content (AvgIpc) is 2.70. The SMILES string of the molecule is O=C(NC1CCNCC1)N1CCN(Cc2ccc(F)cc2)c2ccccc21. The number of nitrogens with zero attached hydrogens (tertiary/aromatic N) is 2. The van der Waals surface area contributed by atoms with Crippen LogP contribution < -0.4 is 20.4 Å². The molecule has 0 radical (unpaired) electrons. The number of rotatable bonds is 3. The molecule has 0 saturated carbocycles. The number of fused-ring (bicyclic) bond motifs is 1. The van der Waals surface area contributed by atoms with Gasteiger partial charge in [-0.15, -0.1) is 0 Å². The number of amides is 2. The molecule has 2 N–H and O–H groups in total. The highest BCUT2D eigenvalue weighted by Crippen LogP contribution is 2.33. The first-order valence-corrected chi connectivity index (χ1v) is 9.58. The Labute approximate surface area is 159 Å². The van der Waals surface area contributed by atoms with Crippen molar-refractivity contribution >= 4 is 17.4 Å². The van der Waals surface area contributed by atoms with Gasteiger partial charge < -0.3 is 15.5 Å². The predicted molar refractivity (Wildman–Crippen MR) is 106 cm³/mol. The van der Waals surface area contributed by atoms with Gasteiger partial charge in [0.1, 0.15) is 5.82 Å². The van der Waals surface area contributed by atoms with Crippen molar-refractivity contribution < 1.29 is 9.18 Å². The number of piperidine rings is 1. The molecule has 27 heavy (non-hydrogen) atoms. The topological polar surface area (TPSA) is 47.6 Å². The minimum atomic E-state index is -0.224. The normalized spacial score (nSPS) is 17.5. The van der Waals surface area contributed by atoms with E-state index >= 15 is 0 Å². The second-order valence-electron chi connectivity index (χ2n) is 7.16. The molecular formula is C21H25FN4O. The minimum Gasteiger partial charge on any atom is -0.364 e. The van der Waals surface area contributed by atoms with Gasteiger partial charge >= 0.3 is 6.03 Å². The zero-order valence-electron chi connectivity index (χ0n) is 15.3. The summed E-state index contributed by atoms with van der Waals surface area (Å²) in [6.45, 7) is 3.98. The lowest BCUT2D eigenvalue weighted by atomic mass is 10.1. The van der Waals surface area contributed by atoms with E-state index in [-0.39, 0.29) is 17.9 Å². The lowest BCUT2D eigenvalue weighted by Gasteiger charge is -2.38. The van der Waals surface area contributed by atoms with Crippen LogP contribution in [0.4, 0.5) is 20.6 Å². The lowest BCUT2D eigenvalue weighted by Crippen LogP contribution is -2.52. The maximum atomic E-state index is 13.2. The van der Waals surface area contributed by atoms with Crippen molar-refractivity contribution in [2.24, 2.45) is 0 Å². The summed E-state index contributed by atoms with van der Waals surface area (Å²) >= 11 is 0. The molecule has 0 unspecified atom stereocenters. The van der Waals surface area contributed by atoms with Crippen molar-refractivity contribution in [2.45, 2.75) is 25.4 Å². The number of halogens is 1. The first-order chi connectivity index (χ1) is 13.2. The van der Waals surface area contributed by atoms with Crippen molar-refractivity contribution in [1.82, 2.24) is 10.6 Å². The van der Waals surface area contributed by atoms with Crippen LogP contribution in [0.5, 0.6) is 0 Å². The largest absolute Gasteiger partial charge is 0.364 e. The summed E-state index contributed by atoms with van der Waals surface area (Å²) in [5.74, 6) is -0.224. The maximum Gasteiger partial charge on any atom is 0.322 e.